The van der Waals surface area contributed by atoms with E-state index in [0.29, 0.717) is 5.69 Å². The Kier molecular flexibility index (Phi) is 5.17. The highest BCUT2D eigenvalue weighted by atomic mass is 16.6. The number of hydrogen-bond acceptors (Lipinski definition) is 4. The molecule has 0 bridgehead atoms. The molecule has 2 N–H and O–H groups in total. The molecule has 0 fully saturated rings. The van der Waals surface area contributed by atoms with Crippen LogP contribution >= 0.6 is 0 Å². The van der Waals surface area contributed by atoms with Crippen LogP contribution in [0.3, 0.4) is 0 Å². The molecule has 6 heteroatoms. The molecule has 0 heterocycles. The number of nitrogens with zero attached hydrogens (tertiary/aromatic N) is 1. The number of rotatable bonds is 5. The predicted octanol–water partition coefficient (Wildman–Crippen LogP) is 2.08. The van der Waals surface area contributed by atoms with E-state index in [-0.39, 0.29) is 18.3 Å². The number of carbonyl (C=O) groups is 2. The fraction of sp³-hybridized carbons (Fsp3) is 0.385. The van der Waals surface area contributed by atoms with Gasteiger partial charge < -0.3 is 14.9 Å². The molecule has 1 amide bonds. The van der Waals surface area contributed by atoms with Crippen LogP contribution in [-0.4, -0.2) is 35.4 Å². The first kappa shape index (κ1) is 14.8. The zero-order chi connectivity index (χ0) is 14.4. The highest BCUT2D eigenvalue weighted by molar-refractivity contribution is 5.93. The zero-order valence-electron chi connectivity index (χ0n) is 10.9. The van der Waals surface area contributed by atoms with Gasteiger partial charge in [0.15, 0.2) is 0 Å². The number of benzene rings is 1. The molecule has 1 aromatic rings. The van der Waals surface area contributed by atoms with E-state index < -0.39 is 18.6 Å². The first-order valence-electron chi connectivity index (χ1n) is 5.85. The Balaban J connectivity index is 2.84. The van der Waals surface area contributed by atoms with Gasteiger partial charge in [-0.25, -0.2) is 4.79 Å². The van der Waals surface area contributed by atoms with E-state index in [1.807, 2.05) is 13.8 Å². The summed E-state index contributed by atoms with van der Waals surface area (Å²) in [6, 6.07) is 5.66. The van der Waals surface area contributed by atoms with Gasteiger partial charge in [0.25, 0.3) is 0 Å². The Morgan fingerprint density at radius 2 is 1.84 bits per heavy atom. The van der Waals surface area contributed by atoms with Crippen LogP contribution in [0.4, 0.5) is 10.5 Å². The van der Waals surface area contributed by atoms with Crippen molar-refractivity contribution < 1.29 is 24.5 Å². The van der Waals surface area contributed by atoms with Gasteiger partial charge in [0.1, 0.15) is 12.3 Å². The lowest BCUT2D eigenvalue weighted by Gasteiger charge is -2.21. The number of aliphatic carboxylic acids is 1. The summed E-state index contributed by atoms with van der Waals surface area (Å²) in [5.41, 5.74) is 0.356. The van der Waals surface area contributed by atoms with Crippen LogP contribution in [0.15, 0.2) is 24.3 Å². The number of carboxylic acid groups (broad SMARTS) is 1. The summed E-state index contributed by atoms with van der Waals surface area (Å²) in [7, 11) is 0. The lowest BCUT2D eigenvalue weighted by atomic mass is 10.2. The molecule has 0 saturated carbocycles. The van der Waals surface area contributed by atoms with E-state index in [4.69, 9.17) is 9.84 Å². The summed E-state index contributed by atoms with van der Waals surface area (Å²) in [5.74, 6) is -0.945. The van der Waals surface area contributed by atoms with E-state index in [1.54, 1.807) is 0 Å². The molecule has 0 aliphatic heterocycles. The zero-order valence-corrected chi connectivity index (χ0v) is 10.9. The van der Waals surface area contributed by atoms with Crippen LogP contribution in [0.25, 0.3) is 0 Å². The van der Waals surface area contributed by atoms with E-state index >= 15 is 0 Å². The molecule has 1 aromatic carbocycles. The maximum Gasteiger partial charge on any atom is 0.414 e. The smallest absolute Gasteiger partial charge is 0.414 e. The maximum atomic E-state index is 11.8. The van der Waals surface area contributed by atoms with Crippen LogP contribution in [0, 0.1) is 5.92 Å². The molecule has 0 radical (unpaired) electrons. The van der Waals surface area contributed by atoms with Crippen molar-refractivity contribution in [3.8, 4) is 5.75 Å². The third kappa shape index (κ3) is 4.87. The Morgan fingerprint density at radius 1 is 1.26 bits per heavy atom. The molecular weight excluding hydrogens is 250 g/mol. The second kappa shape index (κ2) is 6.63. The van der Waals surface area contributed by atoms with Gasteiger partial charge in [0, 0.05) is 5.69 Å². The predicted molar refractivity (Wildman–Crippen MR) is 69.3 cm³/mol. The molecule has 19 heavy (non-hydrogen) atoms. The van der Waals surface area contributed by atoms with Crippen molar-refractivity contribution in [2.24, 2.45) is 5.92 Å². The van der Waals surface area contributed by atoms with Gasteiger partial charge in [-0.05, 0) is 30.2 Å². The number of anilines is 1. The fourth-order valence-electron chi connectivity index (χ4n) is 1.34. The van der Waals surface area contributed by atoms with Crippen LogP contribution in [0.5, 0.6) is 5.75 Å². The summed E-state index contributed by atoms with van der Waals surface area (Å²) in [6.07, 6.45) is -0.721. The van der Waals surface area contributed by atoms with Gasteiger partial charge in [-0.1, -0.05) is 13.8 Å². The third-order valence-corrected chi connectivity index (χ3v) is 2.22. The third-order valence-electron chi connectivity index (χ3n) is 2.22. The Labute approximate surface area is 111 Å². The van der Waals surface area contributed by atoms with Crippen molar-refractivity contribution in [2.45, 2.75) is 13.8 Å². The molecule has 0 saturated heterocycles. The minimum absolute atomic E-state index is 0.0366. The Hall–Kier alpha value is -2.24. The van der Waals surface area contributed by atoms with Crippen molar-refractivity contribution in [1.82, 2.24) is 0 Å². The number of carboxylic acids is 1. The highest BCUT2D eigenvalue weighted by Gasteiger charge is 2.20. The first-order chi connectivity index (χ1) is 8.90. The van der Waals surface area contributed by atoms with E-state index in [0.717, 1.165) is 4.90 Å². The van der Waals surface area contributed by atoms with Gasteiger partial charge in [0.05, 0.1) is 6.61 Å². The van der Waals surface area contributed by atoms with E-state index in [9.17, 15) is 14.7 Å². The maximum absolute atomic E-state index is 11.8. The topological polar surface area (TPSA) is 87.1 Å². The Morgan fingerprint density at radius 3 is 2.32 bits per heavy atom. The van der Waals surface area contributed by atoms with Crippen molar-refractivity contribution in [2.75, 3.05) is 18.1 Å². The molecule has 0 aliphatic rings. The number of ether oxygens (including phenoxy) is 1. The van der Waals surface area contributed by atoms with E-state index in [2.05, 4.69) is 0 Å². The van der Waals surface area contributed by atoms with Crippen LogP contribution in [0.1, 0.15) is 13.8 Å². The fourth-order valence-corrected chi connectivity index (χ4v) is 1.34. The lowest BCUT2D eigenvalue weighted by Crippen LogP contribution is -2.36. The standard InChI is InChI=1S/C13H17NO5/c1-9(2)8-19-13(18)14(7-12(16)17)10-3-5-11(15)6-4-10/h3-6,9,15H,7-8H2,1-2H3,(H,16,17). The van der Waals surface area contributed by atoms with Gasteiger partial charge in [0.2, 0.25) is 0 Å². The largest absolute Gasteiger partial charge is 0.508 e. The second-order valence-corrected chi connectivity index (χ2v) is 4.47. The summed E-state index contributed by atoms with van der Waals surface area (Å²) in [6.45, 7) is 3.49. The molecule has 1 rings (SSSR count). The molecule has 0 aromatic heterocycles. The van der Waals surface area contributed by atoms with Crippen molar-refractivity contribution in [3.63, 3.8) is 0 Å². The van der Waals surface area contributed by atoms with E-state index in [1.165, 1.54) is 24.3 Å². The normalized spacial score (nSPS) is 10.3. The second-order valence-electron chi connectivity index (χ2n) is 4.47. The monoisotopic (exact) mass is 267 g/mol. The molecule has 0 atom stereocenters. The lowest BCUT2D eigenvalue weighted by molar-refractivity contribution is -0.135. The number of phenolic OH excluding ortho intramolecular Hbond substituents is 1. The average molecular weight is 267 g/mol. The summed E-state index contributed by atoms with van der Waals surface area (Å²) >= 11 is 0. The molecule has 6 nitrogen and oxygen atoms in total. The molecule has 104 valence electrons. The average Bonchev–Trinajstić information content (AvgIpc) is 2.34. The number of carbonyl (C=O) groups excluding carboxylic acids is 1. The van der Waals surface area contributed by atoms with Gasteiger partial charge >= 0.3 is 12.1 Å². The van der Waals surface area contributed by atoms with Crippen LogP contribution in [0.2, 0.25) is 0 Å². The summed E-state index contributed by atoms with van der Waals surface area (Å²) in [4.78, 5) is 23.6. The summed E-state index contributed by atoms with van der Waals surface area (Å²) < 4.78 is 5.01. The van der Waals surface area contributed by atoms with Gasteiger partial charge in [-0.2, -0.15) is 0 Å². The SMILES string of the molecule is CC(C)COC(=O)N(CC(=O)O)c1ccc(O)cc1. The van der Waals surface area contributed by atoms with Crippen LogP contribution < -0.4 is 4.90 Å². The first-order valence-corrected chi connectivity index (χ1v) is 5.85. The number of aromatic hydroxyl groups is 1. The van der Waals surface area contributed by atoms with Crippen molar-refractivity contribution >= 4 is 17.7 Å². The quantitative estimate of drug-likeness (QED) is 0.852. The summed E-state index contributed by atoms with van der Waals surface area (Å²) in [5, 5.41) is 18.0. The molecule has 0 spiro atoms. The van der Waals surface area contributed by atoms with Crippen molar-refractivity contribution in [3.05, 3.63) is 24.3 Å². The number of hydrogen-bond donors (Lipinski definition) is 2. The van der Waals surface area contributed by atoms with Gasteiger partial charge in [-0.3, -0.25) is 9.69 Å². The molecular formula is C13H17NO5. The number of phenols is 1. The number of amides is 1. The van der Waals surface area contributed by atoms with Gasteiger partial charge in [-0.15, -0.1) is 0 Å². The molecule has 0 aliphatic carbocycles. The minimum atomic E-state index is -1.14. The minimum Gasteiger partial charge on any atom is -0.508 e. The van der Waals surface area contributed by atoms with Crippen molar-refractivity contribution in [1.29, 1.82) is 0 Å². The molecule has 0 unspecified atom stereocenters. The Bertz CT molecular complexity index is 441. The highest BCUT2D eigenvalue weighted by Crippen LogP contribution is 2.19. The van der Waals surface area contributed by atoms with Crippen LogP contribution in [-0.2, 0) is 9.53 Å².